The first-order chi connectivity index (χ1) is 30.2. The van der Waals surface area contributed by atoms with Gasteiger partial charge in [-0.15, -0.1) is 0 Å². The van der Waals surface area contributed by atoms with Crippen LogP contribution >= 0.6 is 0 Å². The Hall–Kier alpha value is -7.94. The minimum atomic E-state index is 1.10. The van der Waals surface area contributed by atoms with Gasteiger partial charge in [0.1, 0.15) is 0 Å². The smallest absolute Gasteiger partial charge is 0.0540 e. The van der Waals surface area contributed by atoms with E-state index in [0.717, 1.165) is 34.1 Å². The fourth-order valence-corrected chi connectivity index (χ4v) is 9.24. The Bertz CT molecular complexity index is 3350. The lowest BCUT2D eigenvalue weighted by Crippen LogP contribution is -2.11. The third kappa shape index (κ3) is 6.46. The van der Waals surface area contributed by atoms with Crippen LogP contribution in [0.15, 0.2) is 237 Å². The van der Waals surface area contributed by atoms with Crippen LogP contribution in [0.2, 0.25) is 0 Å². The van der Waals surface area contributed by atoms with Crippen molar-refractivity contribution in [3.8, 4) is 22.3 Å². The van der Waals surface area contributed by atoms with Crippen LogP contribution < -0.4 is 9.80 Å². The van der Waals surface area contributed by atoms with E-state index in [2.05, 4.69) is 253 Å². The molecule has 11 rings (SSSR count). The largest absolute Gasteiger partial charge is 0.310 e. The van der Waals surface area contributed by atoms with Crippen LogP contribution in [0.25, 0.3) is 65.3 Å². The number of benzene rings is 11. The van der Waals surface area contributed by atoms with E-state index in [1.807, 2.05) is 0 Å². The zero-order valence-corrected chi connectivity index (χ0v) is 33.9. The fourth-order valence-electron chi connectivity index (χ4n) is 9.24. The second-order valence-corrected chi connectivity index (χ2v) is 15.8. The molecule has 11 aromatic rings. The zero-order chi connectivity index (χ0) is 40.7. The molecule has 0 bridgehead atoms. The van der Waals surface area contributed by atoms with Gasteiger partial charge in [0.25, 0.3) is 0 Å². The predicted octanol–water partition coefficient (Wildman–Crippen LogP) is 16.9. The van der Waals surface area contributed by atoms with Crippen LogP contribution in [0.1, 0.15) is 5.56 Å². The number of hydrogen-bond donors (Lipinski definition) is 0. The van der Waals surface area contributed by atoms with Crippen LogP contribution in [0.3, 0.4) is 0 Å². The lowest BCUT2D eigenvalue weighted by molar-refractivity contribution is 1.30. The number of rotatable bonds is 8. The number of aryl methyl sites for hydroxylation is 1. The molecule has 0 atom stereocenters. The van der Waals surface area contributed by atoms with Crippen molar-refractivity contribution >= 4 is 77.2 Å². The number of fused-ring (bicyclic) bond motifs is 4. The second-order valence-electron chi connectivity index (χ2n) is 15.8. The van der Waals surface area contributed by atoms with Gasteiger partial charge in [0.15, 0.2) is 0 Å². The van der Waals surface area contributed by atoms with E-state index in [9.17, 15) is 0 Å². The minimum Gasteiger partial charge on any atom is -0.310 e. The molecule has 0 aromatic heterocycles. The van der Waals surface area contributed by atoms with Crippen molar-refractivity contribution < 1.29 is 0 Å². The molecule has 61 heavy (non-hydrogen) atoms. The fraction of sp³-hybridized carbons (Fsp3) is 0.0169. The Labute approximate surface area is 356 Å². The number of nitrogens with zero attached hydrogens (tertiary/aromatic N) is 2. The molecular weight excluding hydrogens is 737 g/mol. The van der Waals surface area contributed by atoms with Gasteiger partial charge in [-0.2, -0.15) is 0 Å². The molecule has 0 unspecified atom stereocenters. The summed E-state index contributed by atoms with van der Waals surface area (Å²) >= 11 is 0. The average Bonchev–Trinajstić information content (AvgIpc) is 3.32. The molecule has 2 nitrogen and oxygen atoms in total. The van der Waals surface area contributed by atoms with Gasteiger partial charge in [-0.1, -0.05) is 181 Å². The van der Waals surface area contributed by atoms with E-state index in [4.69, 9.17) is 0 Å². The molecule has 0 heterocycles. The molecule has 0 aliphatic heterocycles. The SMILES string of the molecule is Cc1ccc(-c2c3ccc(N(c4ccccc4)c4cccc5ccccc45)cc3c(-c3ccccc3)c3ccc(N(c4ccccc4)c4cccc5ccccc45)cc23)cc1. The van der Waals surface area contributed by atoms with Gasteiger partial charge in [-0.05, 0) is 122 Å². The number of hydrogen-bond acceptors (Lipinski definition) is 2. The molecule has 0 aliphatic carbocycles. The highest BCUT2D eigenvalue weighted by molar-refractivity contribution is 6.23. The van der Waals surface area contributed by atoms with Crippen LogP contribution in [0.5, 0.6) is 0 Å². The van der Waals surface area contributed by atoms with Gasteiger partial charge in [-0.3, -0.25) is 0 Å². The summed E-state index contributed by atoms with van der Waals surface area (Å²) in [6.07, 6.45) is 0. The monoisotopic (exact) mass is 778 g/mol. The maximum atomic E-state index is 2.42. The van der Waals surface area contributed by atoms with Gasteiger partial charge < -0.3 is 9.80 Å². The van der Waals surface area contributed by atoms with E-state index in [1.54, 1.807) is 0 Å². The highest BCUT2D eigenvalue weighted by Crippen LogP contribution is 2.49. The third-order valence-electron chi connectivity index (χ3n) is 12.0. The van der Waals surface area contributed by atoms with Gasteiger partial charge in [-0.25, -0.2) is 0 Å². The molecule has 0 spiro atoms. The van der Waals surface area contributed by atoms with E-state index >= 15 is 0 Å². The predicted molar refractivity (Wildman–Crippen MR) is 261 cm³/mol. The maximum Gasteiger partial charge on any atom is 0.0540 e. The molecule has 0 radical (unpaired) electrons. The summed E-state index contributed by atoms with van der Waals surface area (Å²) in [5.41, 5.74) is 12.8. The Balaban J connectivity index is 1.23. The highest BCUT2D eigenvalue weighted by atomic mass is 15.1. The topological polar surface area (TPSA) is 6.48 Å². The van der Waals surface area contributed by atoms with Crippen molar-refractivity contribution in [2.24, 2.45) is 0 Å². The van der Waals surface area contributed by atoms with Crippen LogP contribution in [0, 0.1) is 6.92 Å². The quantitative estimate of drug-likeness (QED) is 0.142. The molecule has 0 N–H and O–H groups in total. The Morgan fingerprint density at radius 2 is 0.656 bits per heavy atom. The molecule has 2 heteroatoms. The van der Waals surface area contributed by atoms with E-state index < -0.39 is 0 Å². The first kappa shape index (κ1) is 36.2. The van der Waals surface area contributed by atoms with Gasteiger partial charge in [0.2, 0.25) is 0 Å². The summed E-state index contributed by atoms with van der Waals surface area (Å²) in [4.78, 5) is 4.83. The highest BCUT2D eigenvalue weighted by Gasteiger charge is 2.23. The zero-order valence-electron chi connectivity index (χ0n) is 33.9. The average molecular weight is 779 g/mol. The number of anilines is 6. The van der Waals surface area contributed by atoms with Gasteiger partial charge >= 0.3 is 0 Å². The van der Waals surface area contributed by atoms with Crippen LogP contribution in [-0.2, 0) is 0 Å². The van der Waals surface area contributed by atoms with E-state index in [1.165, 1.54) is 70.9 Å². The second kappa shape index (κ2) is 15.3. The summed E-state index contributed by atoms with van der Waals surface area (Å²) in [7, 11) is 0. The normalized spacial score (nSPS) is 11.4. The summed E-state index contributed by atoms with van der Waals surface area (Å²) in [6, 6.07) is 86.3. The molecule has 0 fully saturated rings. The Kier molecular flexibility index (Phi) is 9.09. The van der Waals surface area contributed by atoms with Gasteiger partial charge in [0, 0.05) is 33.5 Å². The van der Waals surface area contributed by atoms with E-state index in [0.29, 0.717) is 0 Å². The molecule has 0 saturated heterocycles. The van der Waals surface area contributed by atoms with Crippen LogP contribution in [0.4, 0.5) is 34.1 Å². The van der Waals surface area contributed by atoms with Crippen molar-refractivity contribution in [1.29, 1.82) is 0 Å². The lowest BCUT2D eigenvalue weighted by Gasteiger charge is -2.29. The summed E-state index contributed by atoms with van der Waals surface area (Å²) in [5, 5.41) is 9.66. The van der Waals surface area contributed by atoms with E-state index in [-0.39, 0.29) is 0 Å². The number of para-hydroxylation sites is 2. The molecule has 288 valence electrons. The van der Waals surface area contributed by atoms with Crippen molar-refractivity contribution in [2.45, 2.75) is 6.92 Å². The van der Waals surface area contributed by atoms with Crippen molar-refractivity contribution in [3.63, 3.8) is 0 Å². The molecule has 11 aromatic carbocycles. The van der Waals surface area contributed by atoms with Crippen molar-refractivity contribution in [3.05, 3.63) is 242 Å². The summed E-state index contributed by atoms with van der Waals surface area (Å²) in [5.74, 6) is 0. The molecule has 0 saturated carbocycles. The Morgan fingerprint density at radius 3 is 1.13 bits per heavy atom. The first-order valence-electron chi connectivity index (χ1n) is 21.0. The van der Waals surface area contributed by atoms with Crippen molar-refractivity contribution in [1.82, 2.24) is 0 Å². The summed E-state index contributed by atoms with van der Waals surface area (Å²) < 4.78 is 0. The summed E-state index contributed by atoms with van der Waals surface area (Å²) in [6.45, 7) is 2.16. The maximum absolute atomic E-state index is 2.42. The lowest BCUT2D eigenvalue weighted by atomic mass is 9.85. The third-order valence-corrected chi connectivity index (χ3v) is 12.0. The van der Waals surface area contributed by atoms with Crippen molar-refractivity contribution in [2.75, 3.05) is 9.80 Å². The molecule has 0 amide bonds. The Morgan fingerprint density at radius 1 is 0.262 bits per heavy atom. The molecule has 0 aliphatic rings. The van der Waals surface area contributed by atoms with Crippen LogP contribution in [-0.4, -0.2) is 0 Å². The first-order valence-corrected chi connectivity index (χ1v) is 21.0. The minimum absolute atomic E-state index is 1.10. The molecular formula is C59H42N2. The van der Waals surface area contributed by atoms with Gasteiger partial charge in [0.05, 0.1) is 11.4 Å². The standard InChI is InChI=1S/C59H42N2/c1-41-31-33-45(34-32-41)59-53-38-36-48(60(46-23-7-3-8-24-46)56-29-15-21-42-17-11-13-27-50(42)56)39-54(53)58(44-19-5-2-6-20-44)52-37-35-49(40-55(52)59)61(47-25-9-4-10-26-47)57-30-16-22-43-18-12-14-28-51(43)57/h2-40H,1H3.